The SMILES string of the molecule is Fc1cccc(Cl)c1C1CC(c2ccccc2Cl)=Nc2ncnn21. The molecule has 0 saturated carbocycles. The fraction of sp³-hybridized carbons (Fsp3) is 0.118. The molecule has 120 valence electrons. The van der Waals surface area contributed by atoms with Gasteiger partial charge in [-0.05, 0) is 18.2 Å². The Morgan fingerprint density at radius 1 is 1.04 bits per heavy atom. The van der Waals surface area contributed by atoms with Crippen molar-refractivity contribution in [3.63, 3.8) is 0 Å². The second kappa shape index (κ2) is 6.00. The van der Waals surface area contributed by atoms with Crippen molar-refractivity contribution in [2.24, 2.45) is 4.99 Å². The Morgan fingerprint density at radius 3 is 2.62 bits per heavy atom. The van der Waals surface area contributed by atoms with Crippen molar-refractivity contribution in [1.29, 1.82) is 0 Å². The average molecular weight is 361 g/mol. The van der Waals surface area contributed by atoms with E-state index in [1.165, 1.54) is 12.4 Å². The van der Waals surface area contributed by atoms with Crippen LogP contribution in [0.2, 0.25) is 10.0 Å². The van der Waals surface area contributed by atoms with E-state index < -0.39 is 6.04 Å². The number of aromatic nitrogens is 3. The number of benzene rings is 2. The summed E-state index contributed by atoms with van der Waals surface area (Å²) in [6.45, 7) is 0. The van der Waals surface area contributed by atoms with Gasteiger partial charge in [-0.1, -0.05) is 47.5 Å². The van der Waals surface area contributed by atoms with Crippen molar-refractivity contribution < 1.29 is 4.39 Å². The molecule has 0 radical (unpaired) electrons. The number of nitrogens with zero attached hydrogens (tertiary/aromatic N) is 4. The third kappa shape index (κ3) is 2.50. The molecule has 1 aliphatic rings. The molecule has 0 amide bonds. The highest BCUT2D eigenvalue weighted by Gasteiger charge is 2.30. The standard InChI is InChI=1S/C17H11Cl2FN4/c18-11-5-2-1-4-10(11)14-8-15(24-17(23-14)21-9-22-24)16-12(19)6-3-7-13(16)20/h1-7,9,15H,8H2. The van der Waals surface area contributed by atoms with Gasteiger partial charge in [-0.2, -0.15) is 10.1 Å². The van der Waals surface area contributed by atoms with Crippen LogP contribution in [0, 0.1) is 5.82 Å². The summed E-state index contributed by atoms with van der Waals surface area (Å²) in [6, 6.07) is 11.6. The summed E-state index contributed by atoms with van der Waals surface area (Å²) in [6.07, 6.45) is 1.82. The minimum atomic E-state index is -0.431. The summed E-state index contributed by atoms with van der Waals surface area (Å²) < 4.78 is 16.0. The van der Waals surface area contributed by atoms with E-state index in [9.17, 15) is 4.39 Å². The molecule has 2 heterocycles. The molecule has 0 bridgehead atoms. The molecule has 1 aliphatic heterocycles. The number of fused-ring (bicyclic) bond motifs is 1. The van der Waals surface area contributed by atoms with Crippen LogP contribution in [0.15, 0.2) is 53.8 Å². The zero-order chi connectivity index (χ0) is 16.7. The van der Waals surface area contributed by atoms with Gasteiger partial charge in [-0.15, -0.1) is 0 Å². The number of halogens is 3. The Labute approximate surface area is 147 Å². The van der Waals surface area contributed by atoms with Crippen molar-refractivity contribution >= 4 is 34.9 Å². The van der Waals surface area contributed by atoms with Crippen molar-refractivity contribution in [3.05, 3.63) is 75.8 Å². The first-order chi connectivity index (χ1) is 11.6. The van der Waals surface area contributed by atoms with Gasteiger partial charge in [-0.25, -0.2) is 14.1 Å². The highest BCUT2D eigenvalue weighted by Crippen LogP contribution is 2.37. The van der Waals surface area contributed by atoms with Crippen molar-refractivity contribution in [2.45, 2.75) is 12.5 Å². The van der Waals surface area contributed by atoms with Crippen LogP contribution in [0.5, 0.6) is 0 Å². The second-order valence-electron chi connectivity index (χ2n) is 5.40. The molecule has 2 aromatic carbocycles. The maximum absolute atomic E-state index is 14.4. The van der Waals surface area contributed by atoms with Gasteiger partial charge in [0, 0.05) is 27.6 Å². The fourth-order valence-electron chi connectivity index (χ4n) is 2.90. The third-order valence-electron chi connectivity index (χ3n) is 3.99. The lowest BCUT2D eigenvalue weighted by atomic mass is 9.95. The number of hydrogen-bond acceptors (Lipinski definition) is 3. The highest BCUT2D eigenvalue weighted by atomic mass is 35.5. The maximum Gasteiger partial charge on any atom is 0.248 e. The number of rotatable bonds is 2. The van der Waals surface area contributed by atoms with Crippen molar-refractivity contribution in [1.82, 2.24) is 14.8 Å². The molecular weight excluding hydrogens is 350 g/mol. The van der Waals surface area contributed by atoms with E-state index in [-0.39, 0.29) is 5.82 Å². The first-order valence-corrected chi connectivity index (χ1v) is 8.06. The van der Waals surface area contributed by atoms with E-state index in [1.807, 2.05) is 18.2 Å². The molecule has 0 saturated heterocycles. The molecule has 7 heteroatoms. The molecule has 0 fully saturated rings. The summed E-state index contributed by atoms with van der Waals surface area (Å²) in [5.41, 5.74) is 1.90. The van der Waals surface area contributed by atoms with Gasteiger partial charge in [-0.3, -0.25) is 0 Å². The summed E-state index contributed by atoms with van der Waals surface area (Å²) >= 11 is 12.5. The van der Waals surface area contributed by atoms with E-state index in [2.05, 4.69) is 15.1 Å². The van der Waals surface area contributed by atoms with E-state index in [0.717, 1.165) is 11.3 Å². The quantitative estimate of drug-likeness (QED) is 0.656. The van der Waals surface area contributed by atoms with E-state index in [4.69, 9.17) is 23.2 Å². The Kier molecular flexibility index (Phi) is 3.82. The molecule has 1 aromatic heterocycles. The second-order valence-corrected chi connectivity index (χ2v) is 6.21. The highest BCUT2D eigenvalue weighted by molar-refractivity contribution is 6.34. The average Bonchev–Trinajstić information content (AvgIpc) is 3.03. The van der Waals surface area contributed by atoms with Crippen LogP contribution in [0.25, 0.3) is 0 Å². The van der Waals surface area contributed by atoms with E-state index >= 15 is 0 Å². The first-order valence-electron chi connectivity index (χ1n) is 7.31. The monoisotopic (exact) mass is 360 g/mol. The zero-order valence-corrected chi connectivity index (χ0v) is 13.8. The van der Waals surface area contributed by atoms with Crippen LogP contribution in [-0.2, 0) is 0 Å². The number of aliphatic imine (C=N–C) groups is 1. The molecule has 3 aromatic rings. The molecule has 1 unspecified atom stereocenters. The van der Waals surface area contributed by atoms with Gasteiger partial charge in [0.25, 0.3) is 0 Å². The summed E-state index contributed by atoms with van der Waals surface area (Å²) in [5.74, 6) is 0.0230. The zero-order valence-electron chi connectivity index (χ0n) is 12.3. The van der Waals surface area contributed by atoms with Gasteiger partial charge in [0.05, 0.1) is 11.8 Å². The molecule has 4 nitrogen and oxygen atoms in total. The predicted octanol–water partition coefficient (Wildman–Crippen LogP) is 4.84. The molecule has 4 rings (SSSR count). The third-order valence-corrected chi connectivity index (χ3v) is 4.65. The van der Waals surface area contributed by atoms with Crippen LogP contribution in [0.4, 0.5) is 10.3 Å². The molecule has 1 atom stereocenters. The smallest absolute Gasteiger partial charge is 0.222 e. The van der Waals surface area contributed by atoms with Crippen LogP contribution in [0.1, 0.15) is 23.6 Å². The fourth-order valence-corrected chi connectivity index (χ4v) is 3.43. The van der Waals surface area contributed by atoms with Gasteiger partial charge in [0.2, 0.25) is 5.95 Å². The van der Waals surface area contributed by atoms with Crippen LogP contribution >= 0.6 is 23.2 Å². The first kappa shape index (κ1) is 15.3. The largest absolute Gasteiger partial charge is 0.248 e. The molecular formula is C17H11Cl2FN4. The van der Waals surface area contributed by atoms with Crippen LogP contribution in [-0.4, -0.2) is 20.5 Å². The summed E-state index contributed by atoms with van der Waals surface area (Å²) in [7, 11) is 0. The molecule has 24 heavy (non-hydrogen) atoms. The van der Waals surface area contributed by atoms with Crippen molar-refractivity contribution in [2.75, 3.05) is 0 Å². The lowest BCUT2D eigenvalue weighted by molar-refractivity contribution is 0.497. The van der Waals surface area contributed by atoms with E-state index in [1.54, 1.807) is 22.9 Å². The minimum absolute atomic E-state index is 0.349. The Balaban J connectivity index is 1.87. The Morgan fingerprint density at radius 2 is 1.83 bits per heavy atom. The summed E-state index contributed by atoms with van der Waals surface area (Å²) in [5, 5.41) is 5.12. The van der Waals surface area contributed by atoms with Crippen molar-refractivity contribution in [3.8, 4) is 0 Å². The van der Waals surface area contributed by atoms with E-state index in [0.29, 0.717) is 28.0 Å². The maximum atomic E-state index is 14.4. The Hall–Kier alpha value is -2.24. The van der Waals surface area contributed by atoms with Crippen LogP contribution in [0.3, 0.4) is 0 Å². The van der Waals surface area contributed by atoms with Gasteiger partial charge >= 0.3 is 0 Å². The van der Waals surface area contributed by atoms with Gasteiger partial charge in [0.15, 0.2) is 0 Å². The lowest BCUT2D eigenvalue weighted by Gasteiger charge is -2.25. The number of hydrogen-bond donors (Lipinski definition) is 0. The van der Waals surface area contributed by atoms with Gasteiger partial charge < -0.3 is 0 Å². The molecule has 0 aliphatic carbocycles. The lowest BCUT2D eigenvalue weighted by Crippen LogP contribution is -2.22. The normalized spacial score (nSPS) is 16.6. The molecule has 0 N–H and O–H groups in total. The molecule has 0 spiro atoms. The topological polar surface area (TPSA) is 43.1 Å². The van der Waals surface area contributed by atoms with Gasteiger partial charge in [0.1, 0.15) is 12.1 Å². The summed E-state index contributed by atoms with van der Waals surface area (Å²) in [4.78, 5) is 8.68. The minimum Gasteiger partial charge on any atom is -0.222 e. The predicted molar refractivity (Wildman–Crippen MR) is 91.8 cm³/mol. The Bertz CT molecular complexity index is 931. The van der Waals surface area contributed by atoms with Crippen LogP contribution < -0.4 is 0 Å².